The summed E-state index contributed by atoms with van der Waals surface area (Å²) in [7, 11) is 1.59. The van der Waals surface area contributed by atoms with Crippen LogP contribution in [0.5, 0.6) is 5.75 Å². The highest BCUT2D eigenvalue weighted by Gasteiger charge is 2.36. The van der Waals surface area contributed by atoms with Crippen LogP contribution >= 0.6 is 0 Å². The molecule has 1 N–H and O–H groups in total. The van der Waals surface area contributed by atoms with E-state index in [1.54, 1.807) is 12.0 Å². The summed E-state index contributed by atoms with van der Waals surface area (Å²) >= 11 is 0. The molecule has 5 heteroatoms. The van der Waals surface area contributed by atoms with Crippen LogP contribution in [-0.4, -0.2) is 25.5 Å². The zero-order valence-corrected chi connectivity index (χ0v) is 18.8. The van der Waals surface area contributed by atoms with Crippen molar-refractivity contribution in [1.82, 2.24) is 0 Å². The van der Waals surface area contributed by atoms with Crippen LogP contribution in [0.4, 0.5) is 11.4 Å². The molecule has 0 radical (unpaired) electrons. The molecular formula is C25H32N2O3. The van der Waals surface area contributed by atoms with Crippen LogP contribution in [0.2, 0.25) is 0 Å². The first kappa shape index (κ1) is 21.9. The molecule has 0 spiro atoms. The van der Waals surface area contributed by atoms with Crippen LogP contribution in [0, 0.1) is 12.8 Å². The highest BCUT2D eigenvalue weighted by molar-refractivity contribution is 6.04. The average Bonchev–Trinajstić information content (AvgIpc) is 3.09. The van der Waals surface area contributed by atoms with Crippen LogP contribution in [0.15, 0.2) is 36.4 Å². The van der Waals surface area contributed by atoms with Gasteiger partial charge in [-0.1, -0.05) is 52.0 Å². The molecule has 1 heterocycles. The van der Waals surface area contributed by atoms with Crippen LogP contribution in [-0.2, 0) is 9.59 Å². The Morgan fingerprint density at radius 2 is 1.73 bits per heavy atom. The summed E-state index contributed by atoms with van der Waals surface area (Å²) in [5.41, 5.74) is 4.90. The number of anilines is 2. The lowest BCUT2D eigenvalue weighted by atomic mass is 9.92. The zero-order chi connectivity index (χ0) is 22.0. The van der Waals surface area contributed by atoms with Crippen molar-refractivity contribution in [3.8, 4) is 5.75 Å². The van der Waals surface area contributed by atoms with Crippen LogP contribution in [0.25, 0.3) is 0 Å². The number of nitrogens with zero attached hydrogens (tertiary/aromatic N) is 1. The Hall–Kier alpha value is -2.82. The molecule has 0 aliphatic carbocycles. The number of ether oxygens (including phenoxy) is 1. The SMILES string of the molecule is COc1ccc(C)cc1N1CC(C(=O)Nc2c(C(C)C)cccc2C(C)C)CC1=O. The monoisotopic (exact) mass is 408 g/mol. The lowest BCUT2D eigenvalue weighted by molar-refractivity contribution is -0.122. The fraction of sp³-hybridized carbons (Fsp3) is 0.440. The summed E-state index contributed by atoms with van der Waals surface area (Å²) in [6.07, 6.45) is 0.198. The van der Waals surface area contributed by atoms with Crippen LogP contribution < -0.4 is 15.0 Å². The number of nitrogens with one attached hydrogen (secondary N) is 1. The lowest BCUT2D eigenvalue weighted by Crippen LogP contribution is -2.29. The second-order valence-electron chi connectivity index (χ2n) is 8.69. The minimum Gasteiger partial charge on any atom is -0.495 e. The standard InChI is InChI=1S/C25H32N2O3/c1-15(2)19-8-7-9-20(16(3)4)24(19)26-25(29)18-13-23(28)27(14-18)21-12-17(5)10-11-22(21)30-6/h7-12,15-16,18H,13-14H2,1-6H3,(H,26,29). The van der Waals surface area contributed by atoms with Gasteiger partial charge >= 0.3 is 0 Å². The third-order valence-corrected chi connectivity index (χ3v) is 5.74. The Balaban J connectivity index is 1.85. The second-order valence-corrected chi connectivity index (χ2v) is 8.69. The molecule has 0 aromatic heterocycles. The van der Waals surface area contributed by atoms with Gasteiger partial charge in [0.05, 0.1) is 18.7 Å². The van der Waals surface area contributed by atoms with Crippen molar-refractivity contribution in [3.05, 3.63) is 53.1 Å². The Bertz CT molecular complexity index is 923. The fourth-order valence-electron chi connectivity index (χ4n) is 4.05. The van der Waals surface area contributed by atoms with Gasteiger partial charge in [0.2, 0.25) is 11.8 Å². The number of carbonyl (C=O) groups excluding carboxylic acids is 2. The first-order valence-corrected chi connectivity index (χ1v) is 10.6. The second kappa shape index (κ2) is 8.90. The first-order valence-electron chi connectivity index (χ1n) is 10.6. The number of hydrogen-bond acceptors (Lipinski definition) is 3. The third kappa shape index (κ3) is 4.35. The molecule has 160 valence electrons. The molecule has 2 aromatic carbocycles. The maximum atomic E-state index is 13.2. The Morgan fingerprint density at radius 3 is 2.30 bits per heavy atom. The number of para-hydroxylation sites is 1. The van der Waals surface area contributed by atoms with Gasteiger partial charge in [0, 0.05) is 18.7 Å². The van der Waals surface area contributed by atoms with Crippen LogP contribution in [0.1, 0.15) is 62.6 Å². The van der Waals surface area contributed by atoms with E-state index in [0.29, 0.717) is 12.3 Å². The van der Waals surface area contributed by atoms with E-state index in [1.807, 2.05) is 31.2 Å². The molecule has 0 bridgehead atoms. The van der Waals surface area contributed by atoms with E-state index in [9.17, 15) is 9.59 Å². The Kier molecular flexibility index (Phi) is 6.49. The minimum absolute atomic E-state index is 0.0553. The van der Waals surface area contributed by atoms with E-state index in [1.165, 1.54) is 0 Å². The predicted octanol–water partition coefficient (Wildman–Crippen LogP) is 5.24. The van der Waals surface area contributed by atoms with E-state index < -0.39 is 5.92 Å². The maximum Gasteiger partial charge on any atom is 0.229 e. The Morgan fingerprint density at radius 1 is 1.10 bits per heavy atom. The third-order valence-electron chi connectivity index (χ3n) is 5.74. The van der Waals surface area contributed by atoms with E-state index in [-0.39, 0.29) is 30.1 Å². The topological polar surface area (TPSA) is 58.6 Å². The highest BCUT2D eigenvalue weighted by atomic mass is 16.5. The van der Waals surface area contributed by atoms with Crippen molar-refractivity contribution in [2.45, 2.75) is 52.9 Å². The number of carbonyl (C=O) groups is 2. The van der Waals surface area contributed by atoms with E-state index >= 15 is 0 Å². The zero-order valence-electron chi connectivity index (χ0n) is 18.8. The van der Waals surface area contributed by atoms with E-state index in [0.717, 1.165) is 28.1 Å². The van der Waals surface area contributed by atoms with Gasteiger partial charge in [0.25, 0.3) is 0 Å². The summed E-state index contributed by atoms with van der Waals surface area (Å²) in [6, 6.07) is 11.9. The molecule has 1 fully saturated rings. The molecule has 3 rings (SSSR count). The van der Waals surface area contributed by atoms with Crippen molar-refractivity contribution in [2.75, 3.05) is 23.9 Å². The van der Waals surface area contributed by atoms with Crippen LogP contribution in [0.3, 0.4) is 0 Å². The van der Waals surface area contributed by atoms with Gasteiger partial charge in [-0.25, -0.2) is 0 Å². The summed E-state index contributed by atoms with van der Waals surface area (Å²) in [5.74, 6) is 0.660. The number of aryl methyl sites for hydroxylation is 1. The van der Waals surface area contributed by atoms with Gasteiger partial charge < -0.3 is 15.0 Å². The molecule has 1 aliphatic heterocycles. The van der Waals surface area contributed by atoms with Gasteiger partial charge in [-0.2, -0.15) is 0 Å². The summed E-state index contributed by atoms with van der Waals surface area (Å²) in [4.78, 5) is 27.6. The molecule has 1 atom stereocenters. The summed E-state index contributed by atoms with van der Waals surface area (Å²) < 4.78 is 5.44. The van der Waals surface area contributed by atoms with E-state index in [2.05, 4.69) is 45.1 Å². The molecule has 1 saturated heterocycles. The molecule has 1 unspecified atom stereocenters. The molecule has 2 amide bonds. The maximum absolute atomic E-state index is 13.2. The van der Waals surface area contributed by atoms with Gasteiger partial charge in [-0.3, -0.25) is 9.59 Å². The molecular weight excluding hydrogens is 376 g/mol. The smallest absolute Gasteiger partial charge is 0.229 e. The van der Waals surface area contributed by atoms with Gasteiger partial charge in [0.15, 0.2) is 0 Å². The molecule has 0 saturated carbocycles. The Labute approximate surface area is 179 Å². The van der Waals surface area contributed by atoms with Gasteiger partial charge in [-0.05, 0) is 47.6 Å². The first-order chi connectivity index (χ1) is 14.2. The average molecular weight is 409 g/mol. The number of hydrogen-bond donors (Lipinski definition) is 1. The molecule has 1 aliphatic rings. The van der Waals surface area contributed by atoms with Crippen molar-refractivity contribution < 1.29 is 14.3 Å². The normalized spacial score (nSPS) is 16.5. The lowest BCUT2D eigenvalue weighted by Gasteiger charge is -2.22. The van der Waals surface area contributed by atoms with Crippen molar-refractivity contribution in [1.29, 1.82) is 0 Å². The quantitative estimate of drug-likeness (QED) is 0.711. The number of methoxy groups -OCH3 is 1. The van der Waals surface area contributed by atoms with Gasteiger partial charge in [-0.15, -0.1) is 0 Å². The summed E-state index contributed by atoms with van der Waals surface area (Å²) in [6.45, 7) is 10.8. The predicted molar refractivity (Wildman–Crippen MR) is 121 cm³/mol. The number of amides is 2. The fourth-order valence-corrected chi connectivity index (χ4v) is 4.05. The van der Waals surface area contributed by atoms with Crippen molar-refractivity contribution in [2.24, 2.45) is 5.92 Å². The molecule has 30 heavy (non-hydrogen) atoms. The number of rotatable bonds is 6. The summed E-state index contributed by atoms with van der Waals surface area (Å²) in [5, 5.41) is 3.17. The molecule has 2 aromatic rings. The minimum atomic E-state index is -0.400. The van der Waals surface area contributed by atoms with Crippen molar-refractivity contribution in [3.63, 3.8) is 0 Å². The van der Waals surface area contributed by atoms with E-state index in [4.69, 9.17) is 4.74 Å². The molecule has 5 nitrogen and oxygen atoms in total. The highest BCUT2D eigenvalue weighted by Crippen LogP contribution is 2.36. The van der Waals surface area contributed by atoms with Crippen molar-refractivity contribution >= 4 is 23.2 Å². The largest absolute Gasteiger partial charge is 0.495 e. The number of benzene rings is 2. The van der Waals surface area contributed by atoms with Gasteiger partial charge in [0.1, 0.15) is 5.75 Å².